The quantitative estimate of drug-likeness (QED) is 0.539. The summed E-state index contributed by atoms with van der Waals surface area (Å²) in [5.74, 6) is 1.30. The second kappa shape index (κ2) is 10.9. The van der Waals surface area contributed by atoms with Gasteiger partial charge in [-0.05, 0) is 36.6 Å². The lowest BCUT2D eigenvalue weighted by atomic mass is 9.93. The second-order valence-corrected chi connectivity index (χ2v) is 8.02. The maximum absolute atomic E-state index is 11.9. The topological polar surface area (TPSA) is 77.0 Å². The monoisotopic (exact) mass is 393 g/mol. The van der Waals surface area contributed by atoms with E-state index in [9.17, 15) is 9.59 Å². The molecule has 7 nitrogen and oxygen atoms in total. The molecule has 27 heavy (non-hydrogen) atoms. The van der Waals surface area contributed by atoms with Crippen molar-refractivity contribution >= 4 is 29.1 Å². The molecule has 2 heterocycles. The average Bonchev–Trinajstić information content (AvgIpc) is 3.18. The highest BCUT2D eigenvalue weighted by atomic mass is 32.1. The summed E-state index contributed by atoms with van der Waals surface area (Å²) in [5.41, 5.74) is 0. The van der Waals surface area contributed by atoms with E-state index >= 15 is 0 Å². The summed E-state index contributed by atoms with van der Waals surface area (Å²) in [6.45, 7) is 2.63. The van der Waals surface area contributed by atoms with Crippen molar-refractivity contribution in [1.82, 2.24) is 20.4 Å². The van der Waals surface area contributed by atoms with Crippen LogP contribution >= 0.6 is 11.3 Å². The van der Waals surface area contributed by atoms with Crippen LogP contribution in [-0.2, 0) is 16.0 Å². The minimum Gasteiger partial charge on any atom is -0.359 e. The largest absolute Gasteiger partial charge is 0.359 e. The first-order chi connectivity index (χ1) is 13.0. The van der Waals surface area contributed by atoms with Crippen LogP contribution in [0.1, 0.15) is 24.1 Å². The molecule has 0 aliphatic carbocycles. The number of likely N-dealkylation sites (tertiary alicyclic amines) is 1. The minimum atomic E-state index is -0.0120. The molecule has 1 aliphatic heterocycles. The van der Waals surface area contributed by atoms with Gasteiger partial charge in [0, 0.05) is 52.1 Å². The number of nitrogens with zero attached hydrogens (tertiary/aromatic N) is 3. The molecule has 150 valence electrons. The van der Waals surface area contributed by atoms with Gasteiger partial charge in [-0.25, -0.2) is 4.99 Å². The number of rotatable bonds is 7. The minimum absolute atomic E-state index is 0.0120. The predicted molar refractivity (Wildman–Crippen MR) is 110 cm³/mol. The van der Waals surface area contributed by atoms with Crippen molar-refractivity contribution < 1.29 is 9.59 Å². The maximum atomic E-state index is 11.9. The number of likely N-dealkylation sites (N-methyl/N-ethyl adjacent to an activating group) is 1. The highest BCUT2D eigenvalue weighted by Gasteiger charge is 2.23. The second-order valence-electron chi connectivity index (χ2n) is 6.99. The molecular weight excluding hydrogens is 362 g/mol. The summed E-state index contributed by atoms with van der Waals surface area (Å²) in [6, 6.07) is 4.19. The van der Waals surface area contributed by atoms with Gasteiger partial charge in [-0.15, -0.1) is 11.3 Å². The Morgan fingerprint density at radius 1 is 1.33 bits per heavy atom. The van der Waals surface area contributed by atoms with Gasteiger partial charge in [0.2, 0.25) is 11.8 Å². The molecule has 1 aliphatic rings. The molecule has 2 rings (SSSR count). The molecule has 2 N–H and O–H groups in total. The zero-order chi connectivity index (χ0) is 19.6. The molecule has 1 aromatic heterocycles. The molecule has 0 aromatic carbocycles. The first-order valence-electron chi connectivity index (χ1n) is 9.46. The smallest absolute Gasteiger partial charge is 0.243 e. The lowest BCUT2D eigenvalue weighted by molar-refractivity contribution is -0.127. The van der Waals surface area contributed by atoms with E-state index < -0.39 is 0 Å². The number of carbonyl (C=O) groups excluding carboxylic acids is 2. The molecule has 8 heteroatoms. The molecule has 1 fully saturated rings. The Morgan fingerprint density at radius 2 is 2.07 bits per heavy atom. The number of thiophene rings is 1. The molecule has 0 saturated carbocycles. The SMILES string of the molecule is CNC(=O)CC1CCN(C(=NCC(=O)N(C)C)NCCc2cccs2)CC1. The molecule has 0 spiro atoms. The maximum Gasteiger partial charge on any atom is 0.243 e. The molecule has 0 atom stereocenters. The van der Waals surface area contributed by atoms with E-state index in [4.69, 9.17) is 0 Å². The van der Waals surface area contributed by atoms with Gasteiger partial charge >= 0.3 is 0 Å². The van der Waals surface area contributed by atoms with Gasteiger partial charge in [0.05, 0.1) is 0 Å². The number of amides is 2. The summed E-state index contributed by atoms with van der Waals surface area (Å²) in [4.78, 5) is 33.2. The number of carbonyl (C=O) groups is 2. The number of aliphatic imine (C=N–C) groups is 1. The van der Waals surface area contributed by atoms with Crippen LogP contribution in [-0.4, -0.2) is 74.9 Å². The van der Waals surface area contributed by atoms with Crippen molar-refractivity contribution in [3.8, 4) is 0 Å². The van der Waals surface area contributed by atoms with Gasteiger partial charge in [-0.3, -0.25) is 9.59 Å². The van der Waals surface area contributed by atoms with Gasteiger partial charge in [-0.1, -0.05) is 6.07 Å². The van der Waals surface area contributed by atoms with Crippen molar-refractivity contribution in [2.75, 3.05) is 47.3 Å². The Balaban J connectivity index is 1.91. The number of nitrogens with one attached hydrogen (secondary N) is 2. The molecule has 2 amide bonds. The van der Waals surface area contributed by atoms with Crippen LogP contribution in [0.5, 0.6) is 0 Å². The van der Waals surface area contributed by atoms with Gasteiger partial charge in [0.15, 0.2) is 5.96 Å². The van der Waals surface area contributed by atoms with Gasteiger partial charge in [-0.2, -0.15) is 0 Å². The lowest BCUT2D eigenvalue weighted by Gasteiger charge is -2.34. The molecule has 0 unspecified atom stereocenters. The van der Waals surface area contributed by atoms with E-state index in [0.717, 1.165) is 44.9 Å². The molecule has 0 radical (unpaired) electrons. The van der Waals surface area contributed by atoms with Crippen LogP contribution in [0, 0.1) is 5.92 Å². The van der Waals surface area contributed by atoms with Gasteiger partial charge < -0.3 is 20.4 Å². The normalized spacial score (nSPS) is 15.5. The predicted octanol–water partition coefficient (Wildman–Crippen LogP) is 1.17. The van der Waals surface area contributed by atoms with Crippen LogP contribution in [0.4, 0.5) is 0 Å². The fourth-order valence-corrected chi connectivity index (χ4v) is 3.73. The highest BCUT2D eigenvalue weighted by Crippen LogP contribution is 2.20. The summed E-state index contributed by atoms with van der Waals surface area (Å²) in [5, 5.41) is 8.20. The zero-order valence-corrected chi connectivity index (χ0v) is 17.3. The third-order valence-corrected chi connectivity index (χ3v) is 5.70. The standard InChI is InChI=1S/C19H31N5O2S/c1-20-17(25)13-15-7-10-24(11-8-15)19(22-14-18(26)23(2)3)21-9-6-16-5-4-12-27-16/h4-5,12,15H,6-11,13-14H2,1-3H3,(H,20,25)(H,21,22). The van der Waals surface area contributed by atoms with E-state index in [2.05, 4.69) is 38.0 Å². The molecule has 1 aromatic rings. The number of hydrogen-bond acceptors (Lipinski definition) is 4. The Kier molecular flexibility index (Phi) is 8.57. The Labute approximate surface area is 165 Å². The van der Waals surface area contributed by atoms with E-state index in [0.29, 0.717) is 12.3 Å². The Bertz CT molecular complexity index is 622. The number of guanidine groups is 1. The average molecular weight is 394 g/mol. The first kappa shape index (κ1) is 21.2. The highest BCUT2D eigenvalue weighted by molar-refractivity contribution is 7.09. The summed E-state index contributed by atoms with van der Waals surface area (Å²) in [6.07, 6.45) is 3.44. The Morgan fingerprint density at radius 3 is 2.67 bits per heavy atom. The van der Waals surface area contributed by atoms with E-state index in [-0.39, 0.29) is 18.4 Å². The third-order valence-electron chi connectivity index (χ3n) is 4.76. The lowest BCUT2D eigenvalue weighted by Crippen LogP contribution is -2.47. The van der Waals surface area contributed by atoms with Crippen molar-refractivity contribution in [2.24, 2.45) is 10.9 Å². The van der Waals surface area contributed by atoms with Crippen LogP contribution in [0.2, 0.25) is 0 Å². The van der Waals surface area contributed by atoms with Crippen LogP contribution < -0.4 is 10.6 Å². The summed E-state index contributed by atoms with van der Waals surface area (Å²) < 4.78 is 0. The third kappa shape index (κ3) is 7.21. The zero-order valence-electron chi connectivity index (χ0n) is 16.5. The van der Waals surface area contributed by atoms with E-state index in [1.54, 1.807) is 37.4 Å². The molecule has 1 saturated heterocycles. The fourth-order valence-electron chi connectivity index (χ4n) is 3.02. The van der Waals surface area contributed by atoms with E-state index in [1.807, 2.05) is 0 Å². The fraction of sp³-hybridized carbons (Fsp3) is 0.632. The van der Waals surface area contributed by atoms with Crippen LogP contribution in [0.3, 0.4) is 0 Å². The van der Waals surface area contributed by atoms with Crippen molar-refractivity contribution in [2.45, 2.75) is 25.7 Å². The molecule has 0 bridgehead atoms. The van der Waals surface area contributed by atoms with Gasteiger partial charge in [0.25, 0.3) is 0 Å². The van der Waals surface area contributed by atoms with Crippen molar-refractivity contribution in [3.63, 3.8) is 0 Å². The Hall–Kier alpha value is -2.09. The van der Waals surface area contributed by atoms with Crippen LogP contribution in [0.25, 0.3) is 0 Å². The van der Waals surface area contributed by atoms with E-state index in [1.165, 1.54) is 4.88 Å². The van der Waals surface area contributed by atoms with Crippen molar-refractivity contribution in [3.05, 3.63) is 22.4 Å². The summed E-state index contributed by atoms with van der Waals surface area (Å²) in [7, 11) is 5.17. The van der Waals surface area contributed by atoms with Crippen LogP contribution in [0.15, 0.2) is 22.5 Å². The summed E-state index contributed by atoms with van der Waals surface area (Å²) >= 11 is 1.75. The van der Waals surface area contributed by atoms with Crippen molar-refractivity contribution in [1.29, 1.82) is 0 Å². The first-order valence-corrected chi connectivity index (χ1v) is 10.3. The number of hydrogen-bond donors (Lipinski definition) is 2. The number of piperidine rings is 1. The molecular formula is C19H31N5O2S. The van der Waals surface area contributed by atoms with Gasteiger partial charge in [0.1, 0.15) is 6.54 Å².